The Morgan fingerprint density at radius 2 is 2.33 bits per heavy atom. The van der Waals surface area contributed by atoms with Gasteiger partial charge in [-0.05, 0) is 18.1 Å². The highest BCUT2D eigenvalue weighted by molar-refractivity contribution is 6.21. The van der Waals surface area contributed by atoms with E-state index in [9.17, 15) is 0 Å². The van der Waals surface area contributed by atoms with Crippen LogP contribution in [0.1, 0.15) is 12.6 Å². The van der Waals surface area contributed by atoms with Gasteiger partial charge in [-0.15, -0.1) is 11.6 Å². The molecule has 2 heterocycles. The molecular weight excluding hydrogens is 208 g/mol. The van der Waals surface area contributed by atoms with Gasteiger partial charge < -0.3 is 4.90 Å². The molecule has 1 saturated heterocycles. The predicted octanol–water partition coefficient (Wildman–Crippen LogP) is 2.18. The number of pyridine rings is 1. The lowest BCUT2D eigenvalue weighted by Gasteiger charge is -2.14. The summed E-state index contributed by atoms with van der Waals surface area (Å²) in [6.07, 6.45) is 2.88. The molecule has 82 valence electrons. The van der Waals surface area contributed by atoms with E-state index >= 15 is 0 Å². The largest absolute Gasteiger partial charge is 0.301 e. The Morgan fingerprint density at radius 1 is 1.47 bits per heavy atom. The van der Waals surface area contributed by atoms with Crippen molar-refractivity contribution in [2.75, 3.05) is 19.6 Å². The van der Waals surface area contributed by atoms with Gasteiger partial charge in [0.05, 0.1) is 5.38 Å². The van der Waals surface area contributed by atoms with Crippen molar-refractivity contribution in [2.24, 2.45) is 5.92 Å². The highest BCUT2D eigenvalue weighted by Gasteiger charge is 2.27. The van der Waals surface area contributed by atoms with Crippen LogP contribution in [0.15, 0.2) is 24.4 Å². The highest BCUT2D eigenvalue weighted by atomic mass is 35.5. The van der Waals surface area contributed by atoms with Gasteiger partial charge in [-0.25, -0.2) is 0 Å². The molecule has 0 bridgehead atoms. The fraction of sp³-hybridized carbons (Fsp3) is 0.583. The molecule has 0 radical (unpaired) electrons. The Balaban J connectivity index is 1.80. The lowest BCUT2D eigenvalue weighted by atomic mass is 10.1. The van der Waals surface area contributed by atoms with Gasteiger partial charge in [0.25, 0.3) is 0 Å². The first-order valence-electron chi connectivity index (χ1n) is 5.52. The maximum absolute atomic E-state index is 6.18. The lowest BCUT2D eigenvalue weighted by Crippen LogP contribution is -2.23. The van der Waals surface area contributed by atoms with E-state index in [-0.39, 0.29) is 0 Å². The van der Waals surface area contributed by atoms with E-state index in [4.69, 9.17) is 11.6 Å². The third kappa shape index (κ3) is 2.93. The maximum Gasteiger partial charge on any atom is 0.0500 e. The van der Waals surface area contributed by atoms with Gasteiger partial charge in [-0.1, -0.05) is 13.0 Å². The van der Waals surface area contributed by atoms with Crippen LogP contribution in [0.25, 0.3) is 0 Å². The van der Waals surface area contributed by atoms with Crippen molar-refractivity contribution in [3.05, 3.63) is 30.1 Å². The second-order valence-electron chi connectivity index (χ2n) is 4.32. The summed E-state index contributed by atoms with van der Waals surface area (Å²) in [4.78, 5) is 6.75. The van der Waals surface area contributed by atoms with Crippen LogP contribution < -0.4 is 0 Å². The summed E-state index contributed by atoms with van der Waals surface area (Å²) in [7, 11) is 0. The van der Waals surface area contributed by atoms with Gasteiger partial charge in [0, 0.05) is 37.9 Å². The third-order valence-corrected chi connectivity index (χ3v) is 3.57. The summed E-state index contributed by atoms with van der Waals surface area (Å²) >= 11 is 6.18. The van der Waals surface area contributed by atoms with Gasteiger partial charge in [-0.2, -0.15) is 0 Å². The molecule has 0 saturated carbocycles. The molecule has 2 nitrogen and oxygen atoms in total. The molecule has 15 heavy (non-hydrogen) atoms. The number of rotatable bonds is 3. The fourth-order valence-electron chi connectivity index (χ4n) is 2.02. The molecule has 1 fully saturated rings. The lowest BCUT2D eigenvalue weighted by molar-refractivity contribution is 0.331. The van der Waals surface area contributed by atoms with Gasteiger partial charge in [-0.3, -0.25) is 4.98 Å². The molecule has 1 aromatic rings. The molecule has 2 unspecified atom stereocenters. The molecule has 0 N–H and O–H groups in total. The quantitative estimate of drug-likeness (QED) is 0.732. The van der Waals surface area contributed by atoms with E-state index < -0.39 is 0 Å². The predicted molar refractivity (Wildman–Crippen MR) is 63.2 cm³/mol. The fourth-order valence-corrected chi connectivity index (χ4v) is 2.30. The normalized spacial score (nSPS) is 27.1. The number of hydrogen-bond acceptors (Lipinski definition) is 2. The minimum Gasteiger partial charge on any atom is -0.301 e. The first-order valence-corrected chi connectivity index (χ1v) is 5.95. The smallest absolute Gasteiger partial charge is 0.0500 e. The number of hydrogen-bond donors (Lipinski definition) is 0. The monoisotopic (exact) mass is 224 g/mol. The SMILES string of the molecule is CC1CN(CCc2ccccn2)CC1Cl. The Morgan fingerprint density at radius 3 is 2.93 bits per heavy atom. The van der Waals surface area contributed by atoms with Crippen LogP contribution in [0.3, 0.4) is 0 Å². The zero-order valence-corrected chi connectivity index (χ0v) is 9.82. The molecular formula is C12H17ClN2. The van der Waals surface area contributed by atoms with Crippen LogP contribution in [-0.2, 0) is 6.42 Å². The summed E-state index contributed by atoms with van der Waals surface area (Å²) in [5.74, 6) is 0.621. The molecule has 1 aliphatic rings. The van der Waals surface area contributed by atoms with Crippen molar-refractivity contribution in [1.29, 1.82) is 0 Å². The van der Waals surface area contributed by atoms with E-state index in [1.54, 1.807) is 0 Å². The van der Waals surface area contributed by atoms with Crippen molar-refractivity contribution in [3.8, 4) is 0 Å². The van der Waals surface area contributed by atoms with Gasteiger partial charge in [0.2, 0.25) is 0 Å². The first-order chi connectivity index (χ1) is 7.25. The number of alkyl halides is 1. The third-order valence-electron chi connectivity index (χ3n) is 3.01. The Hall–Kier alpha value is -0.600. The van der Waals surface area contributed by atoms with E-state index in [1.165, 1.54) is 5.69 Å². The molecule has 1 aromatic heterocycles. The van der Waals surface area contributed by atoms with Crippen LogP contribution >= 0.6 is 11.6 Å². The number of halogens is 1. The van der Waals surface area contributed by atoms with Crippen LogP contribution in [0, 0.1) is 5.92 Å². The van der Waals surface area contributed by atoms with Gasteiger partial charge in [0.1, 0.15) is 0 Å². The average Bonchev–Trinajstić information content (AvgIpc) is 2.57. The van der Waals surface area contributed by atoms with Crippen LogP contribution in [0.5, 0.6) is 0 Å². The van der Waals surface area contributed by atoms with Crippen molar-refractivity contribution in [3.63, 3.8) is 0 Å². The molecule has 2 atom stereocenters. The zero-order chi connectivity index (χ0) is 10.7. The molecule has 0 amide bonds. The van der Waals surface area contributed by atoms with Crippen LogP contribution in [0.4, 0.5) is 0 Å². The molecule has 0 aromatic carbocycles. The number of aromatic nitrogens is 1. The Kier molecular flexibility index (Phi) is 3.60. The van der Waals surface area contributed by atoms with E-state index in [2.05, 4.69) is 22.9 Å². The van der Waals surface area contributed by atoms with Crippen molar-refractivity contribution in [1.82, 2.24) is 9.88 Å². The molecule has 3 heteroatoms. The standard InChI is InChI=1S/C12H17ClN2/c1-10-8-15(9-12(10)13)7-5-11-4-2-3-6-14-11/h2-4,6,10,12H,5,7-9H2,1H3. The summed E-state index contributed by atoms with van der Waals surface area (Å²) in [6.45, 7) is 5.44. The summed E-state index contributed by atoms with van der Waals surface area (Å²) in [5.41, 5.74) is 1.17. The Labute approximate surface area is 96.3 Å². The zero-order valence-electron chi connectivity index (χ0n) is 9.06. The minimum absolute atomic E-state index is 0.328. The topological polar surface area (TPSA) is 16.1 Å². The van der Waals surface area contributed by atoms with Crippen molar-refractivity contribution in [2.45, 2.75) is 18.7 Å². The molecule has 1 aliphatic heterocycles. The summed E-state index contributed by atoms with van der Waals surface area (Å²) in [6, 6.07) is 6.08. The van der Waals surface area contributed by atoms with Crippen LogP contribution in [-0.4, -0.2) is 34.9 Å². The van der Waals surface area contributed by atoms with Crippen LogP contribution in [0.2, 0.25) is 0 Å². The average molecular weight is 225 g/mol. The van der Waals surface area contributed by atoms with Crippen molar-refractivity contribution < 1.29 is 0 Å². The molecule has 2 rings (SSSR count). The van der Waals surface area contributed by atoms with Gasteiger partial charge >= 0.3 is 0 Å². The second-order valence-corrected chi connectivity index (χ2v) is 4.88. The first kappa shape index (κ1) is 10.9. The Bertz CT molecular complexity index is 292. The van der Waals surface area contributed by atoms with E-state index in [0.717, 1.165) is 26.1 Å². The van der Waals surface area contributed by atoms with E-state index in [1.807, 2.05) is 18.3 Å². The minimum atomic E-state index is 0.328. The second kappa shape index (κ2) is 4.95. The molecule has 0 aliphatic carbocycles. The maximum atomic E-state index is 6.18. The van der Waals surface area contributed by atoms with E-state index in [0.29, 0.717) is 11.3 Å². The number of nitrogens with zero attached hydrogens (tertiary/aromatic N) is 2. The summed E-state index contributed by atoms with van der Waals surface area (Å²) < 4.78 is 0. The number of likely N-dealkylation sites (tertiary alicyclic amines) is 1. The van der Waals surface area contributed by atoms with Crippen molar-refractivity contribution >= 4 is 11.6 Å². The molecule has 0 spiro atoms. The summed E-state index contributed by atoms with van der Waals surface area (Å²) in [5, 5.41) is 0.328. The van der Waals surface area contributed by atoms with Gasteiger partial charge in [0.15, 0.2) is 0 Å². The highest BCUT2D eigenvalue weighted by Crippen LogP contribution is 2.21.